The third-order valence-electron chi connectivity index (χ3n) is 6.29. The quantitative estimate of drug-likeness (QED) is 0.300. The fourth-order valence-corrected chi connectivity index (χ4v) is 4.80. The summed E-state index contributed by atoms with van der Waals surface area (Å²) in [6, 6.07) is 42.1. The summed E-state index contributed by atoms with van der Waals surface area (Å²) in [6.07, 6.45) is 0. The lowest BCUT2D eigenvalue weighted by Crippen LogP contribution is -2.03. The maximum Gasteiger partial charge on any atom is 0.0690 e. The van der Waals surface area contributed by atoms with E-state index in [1.165, 1.54) is 16.7 Å². The molecule has 0 unspecified atom stereocenters. The number of aliphatic hydroxyl groups excluding tert-OH is 1. The van der Waals surface area contributed by atoms with E-state index in [4.69, 9.17) is 0 Å². The first kappa shape index (κ1) is 20.9. The van der Waals surface area contributed by atoms with Crippen molar-refractivity contribution >= 4 is 0 Å². The Morgan fingerprint density at radius 2 is 0.727 bits per heavy atom. The van der Waals surface area contributed by atoms with E-state index in [2.05, 4.69) is 110 Å². The van der Waals surface area contributed by atoms with E-state index in [-0.39, 0.29) is 6.61 Å². The Labute approximate surface area is 195 Å². The SMILES string of the molecule is Cc1c(CO)c(-c2ccccc2)c(-c2ccccc2)c(-c2ccccc2)c1-c1ccccc1. The molecule has 0 atom stereocenters. The van der Waals surface area contributed by atoms with Gasteiger partial charge in [-0.25, -0.2) is 0 Å². The highest BCUT2D eigenvalue weighted by Gasteiger charge is 2.25. The highest BCUT2D eigenvalue weighted by atomic mass is 16.3. The molecule has 33 heavy (non-hydrogen) atoms. The van der Waals surface area contributed by atoms with Gasteiger partial charge in [-0.05, 0) is 62.6 Å². The number of hydrogen-bond donors (Lipinski definition) is 1. The van der Waals surface area contributed by atoms with Gasteiger partial charge in [0.05, 0.1) is 6.61 Å². The van der Waals surface area contributed by atoms with Gasteiger partial charge in [-0.1, -0.05) is 121 Å². The molecule has 0 aliphatic carbocycles. The van der Waals surface area contributed by atoms with E-state index in [1.54, 1.807) is 0 Å². The average molecular weight is 427 g/mol. The summed E-state index contributed by atoms with van der Waals surface area (Å²) in [5.41, 5.74) is 11.3. The van der Waals surface area contributed by atoms with E-state index in [1.807, 2.05) is 18.2 Å². The molecule has 5 rings (SSSR count). The molecule has 0 amide bonds. The van der Waals surface area contributed by atoms with Crippen molar-refractivity contribution in [3.8, 4) is 44.5 Å². The molecule has 1 heteroatoms. The second kappa shape index (κ2) is 9.28. The first-order valence-electron chi connectivity index (χ1n) is 11.3. The Morgan fingerprint density at radius 1 is 0.424 bits per heavy atom. The van der Waals surface area contributed by atoms with E-state index >= 15 is 0 Å². The summed E-state index contributed by atoms with van der Waals surface area (Å²) >= 11 is 0. The smallest absolute Gasteiger partial charge is 0.0690 e. The third kappa shape index (κ3) is 3.88. The summed E-state index contributed by atoms with van der Waals surface area (Å²) in [5, 5.41) is 10.7. The monoisotopic (exact) mass is 426 g/mol. The zero-order valence-corrected chi connectivity index (χ0v) is 18.7. The topological polar surface area (TPSA) is 20.2 Å². The molecule has 0 aliphatic heterocycles. The summed E-state index contributed by atoms with van der Waals surface area (Å²) < 4.78 is 0. The molecular formula is C32H26O. The Bertz CT molecular complexity index is 1360. The van der Waals surface area contributed by atoms with E-state index < -0.39 is 0 Å². The molecule has 0 aliphatic rings. The van der Waals surface area contributed by atoms with Gasteiger partial charge in [0.2, 0.25) is 0 Å². The average Bonchev–Trinajstić information content (AvgIpc) is 2.90. The predicted octanol–water partition coefficient (Wildman–Crippen LogP) is 8.16. The van der Waals surface area contributed by atoms with Gasteiger partial charge in [-0.3, -0.25) is 0 Å². The second-order valence-electron chi connectivity index (χ2n) is 8.23. The predicted molar refractivity (Wildman–Crippen MR) is 139 cm³/mol. The molecule has 0 fully saturated rings. The van der Waals surface area contributed by atoms with Gasteiger partial charge < -0.3 is 5.11 Å². The standard InChI is InChI=1S/C32H26O/c1-23-28(22-33)30(25-16-8-3-9-17-25)32(27-20-12-5-13-21-27)31(26-18-10-4-11-19-26)29(23)24-14-6-2-7-15-24/h2-21,33H,22H2,1H3. The first-order valence-corrected chi connectivity index (χ1v) is 11.3. The van der Waals surface area contributed by atoms with Gasteiger partial charge in [0.15, 0.2) is 0 Å². The number of rotatable bonds is 5. The normalized spacial score (nSPS) is 10.8. The Hall–Kier alpha value is -3.94. The van der Waals surface area contributed by atoms with Crippen molar-refractivity contribution in [1.82, 2.24) is 0 Å². The second-order valence-corrected chi connectivity index (χ2v) is 8.23. The highest BCUT2D eigenvalue weighted by molar-refractivity contribution is 6.04. The molecule has 1 nitrogen and oxygen atoms in total. The molecule has 0 saturated carbocycles. The molecule has 0 radical (unpaired) electrons. The maximum atomic E-state index is 10.7. The lowest BCUT2D eigenvalue weighted by Gasteiger charge is -2.26. The largest absolute Gasteiger partial charge is 0.392 e. The van der Waals surface area contributed by atoms with Crippen molar-refractivity contribution < 1.29 is 5.11 Å². The molecule has 0 heterocycles. The van der Waals surface area contributed by atoms with Crippen molar-refractivity contribution in [2.75, 3.05) is 0 Å². The zero-order chi connectivity index (χ0) is 22.6. The van der Waals surface area contributed by atoms with Gasteiger partial charge in [0, 0.05) is 0 Å². The third-order valence-corrected chi connectivity index (χ3v) is 6.29. The lowest BCUT2D eigenvalue weighted by atomic mass is 9.77. The van der Waals surface area contributed by atoms with Gasteiger partial charge in [-0.2, -0.15) is 0 Å². The van der Waals surface area contributed by atoms with Gasteiger partial charge in [0.1, 0.15) is 0 Å². The van der Waals surface area contributed by atoms with Crippen LogP contribution in [0.5, 0.6) is 0 Å². The summed E-state index contributed by atoms with van der Waals surface area (Å²) in [7, 11) is 0. The maximum absolute atomic E-state index is 10.7. The van der Waals surface area contributed by atoms with Gasteiger partial charge in [-0.15, -0.1) is 0 Å². The lowest BCUT2D eigenvalue weighted by molar-refractivity contribution is 0.281. The van der Waals surface area contributed by atoms with Gasteiger partial charge in [0.25, 0.3) is 0 Å². The summed E-state index contributed by atoms with van der Waals surface area (Å²) in [5.74, 6) is 0. The van der Waals surface area contributed by atoms with Crippen LogP contribution in [0.3, 0.4) is 0 Å². The van der Waals surface area contributed by atoms with Crippen molar-refractivity contribution in [3.63, 3.8) is 0 Å². The van der Waals surface area contributed by atoms with Crippen LogP contribution in [-0.2, 0) is 6.61 Å². The van der Waals surface area contributed by atoms with Crippen LogP contribution in [0.4, 0.5) is 0 Å². The number of aliphatic hydroxyl groups is 1. The minimum atomic E-state index is -0.0230. The van der Waals surface area contributed by atoms with Crippen LogP contribution >= 0.6 is 0 Å². The van der Waals surface area contributed by atoms with Crippen LogP contribution in [0.25, 0.3) is 44.5 Å². The Morgan fingerprint density at radius 3 is 1.09 bits per heavy atom. The molecule has 0 spiro atoms. The minimum absolute atomic E-state index is 0.0230. The molecule has 5 aromatic carbocycles. The summed E-state index contributed by atoms with van der Waals surface area (Å²) in [6.45, 7) is 2.12. The van der Waals surface area contributed by atoms with Crippen LogP contribution in [-0.4, -0.2) is 5.11 Å². The molecule has 160 valence electrons. The van der Waals surface area contributed by atoms with Crippen molar-refractivity contribution in [1.29, 1.82) is 0 Å². The highest BCUT2D eigenvalue weighted by Crippen LogP contribution is 2.49. The van der Waals surface area contributed by atoms with Crippen molar-refractivity contribution in [2.45, 2.75) is 13.5 Å². The van der Waals surface area contributed by atoms with Crippen LogP contribution in [0, 0.1) is 6.92 Å². The van der Waals surface area contributed by atoms with Gasteiger partial charge >= 0.3 is 0 Å². The fraction of sp³-hybridized carbons (Fsp3) is 0.0625. The van der Waals surface area contributed by atoms with Crippen molar-refractivity contribution in [3.05, 3.63) is 132 Å². The minimum Gasteiger partial charge on any atom is -0.392 e. The van der Waals surface area contributed by atoms with E-state index in [9.17, 15) is 5.11 Å². The molecule has 0 aromatic heterocycles. The zero-order valence-electron chi connectivity index (χ0n) is 18.7. The summed E-state index contributed by atoms with van der Waals surface area (Å²) in [4.78, 5) is 0. The Kier molecular flexibility index (Phi) is 5.89. The van der Waals surface area contributed by atoms with Crippen molar-refractivity contribution in [2.24, 2.45) is 0 Å². The van der Waals surface area contributed by atoms with Crippen LogP contribution in [0.2, 0.25) is 0 Å². The van der Waals surface area contributed by atoms with Crippen LogP contribution < -0.4 is 0 Å². The van der Waals surface area contributed by atoms with E-state index in [0.717, 1.165) is 38.9 Å². The van der Waals surface area contributed by atoms with Crippen LogP contribution in [0.15, 0.2) is 121 Å². The van der Waals surface area contributed by atoms with Crippen LogP contribution in [0.1, 0.15) is 11.1 Å². The van der Waals surface area contributed by atoms with E-state index in [0.29, 0.717) is 0 Å². The number of hydrogen-bond acceptors (Lipinski definition) is 1. The molecular weight excluding hydrogens is 400 g/mol. The number of benzene rings is 5. The Balaban J connectivity index is 2.03. The molecule has 5 aromatic rings. The molecule has 1 N–H and O–H groups in total. The first-order chi connectivity index (χ1) is 16.3. The molecule has 0 saturated heterocycles. The molecule has 0 bridgehead atoms. The fourth-order valence-electron chi connectivity index (χ4n) is 4.80.